The highest BCUT2D eigenvalue weighted by Crippen LogP contribution is 2.33. The Morgan fingerprint density at radius 2 is 2.10 bits per heavy atom. The number of aromatic nitrogens is 2. The van der Waals surface area contributed by atoms with Gasteiger partial charge in [0.1, 0.15) is 6.61 Å². The lowest BCUT2D eigenvalue weighted by Gasteiger charge is -2.24. The Kier molecular flexibility index (Phi) is 4.44. The Morgan fingerprint density at radius 3 is 2.75 bits per heavy atom. The molecule has 0 fully saturated rings. The zero-order valence-electron chi connectivity index (χ0n) is 12.1. The monoisotopic (exact) mass is 358 g/mol. The van der Waals surface area contributed by atoms with Gasteiger partial charge >= 0.3 is 6.09 Å². The number of carbonyl (C=O) groups excluding carboxylic acids is 1. The molecule has 1 aromatic heterocycles. The Bertz CT molecular complexity index is 646. The fraction of sp³-hybridized carbons (Fsp3) is 0.429. The molecule has 6 heteroatoms. The lowest BCUT2D eigenvalue weighted by molar-refractivity contribution is 0.152. The minimum Gasteiger partial charge on any atom is -0.447 e. The highest BCUT2D eigenvalue weighted by molar-refractivity contribution is 9.10. The summed E-state index contributed by atoms with van der Waals surface area (Å²) in [7, 11) is -0.660. The van der Waals surface area contributed by atoms with E-state index in [1.807, 2.05) is 25.1 Å². The van der Waals surface area contributed by atoms with Gasteiger partial charge in [0.25, 0.3) is 0 Å². The van der Waals surface area contributed by atoms with Crippen LogP contribution in [-0.4, -0.2) is 47.0 Å². The molecule has 0 atom stereocenters. The summed E-state index contributed by atoms with van der Waals surface area (Å²) >= 11 is 3.41. The molecule has 0 aliphatic rings. The normalized spacial score (nSPS) is 12.7. The molecular weight excluding hydrogens is 340 g/mol. The quantitative estimate of drug-likeness (QED) is 0.838. The van der Waals surface area contributed by atoms with Gasteiger partial charge in [-0.3, -0.25) is 0 Å². The van der Waals surface area contributed by atoms with Crippen molar-refractivity contribution >= 4 is 43.0 Å². The second kappa shape index (κ2) is 5.77. The molecule has 0 aliphatic heterocycles. The molecule has 0 bridgehead atoms. The first-order chi connectivity index (χ1) is 9.28. The molecule has 1 aromatic carbocycles. The van der Waals surface area contributed by atoms with Crippen LogP contribution in [0.3, 0.4) is 0 Å². The minimum absolute atomic E-state index is 0.412. The molecule has 20 heavy (non-hydrogen) atoms. The molecule has 4 nitrogen and oxygen atoms in total. The van der Waals surface area contributed by atoms with Crippen LogP contribution in [0.25, 0.3) is 10.9 Å². The predicted molar refractivity (Wildman–Crippen MR) is 89.1 cm³/mol. The summed E-state index contributed by atoms with van der Waals surface area (Å²) in [6, 6.07) is 5.77. The van der Waals surface area contributed by atoms with E-state index in [2.05, 4.69) is 39.8 Å². The van der Waals surface area contributed by atoms with Gasteiger partial charge in [-0.25, -0.2) is 14.8 Å². The van der Waals surface area contributed by atoms with E-state index in [1.165, 1.54) is 4.68 Å². The van der Waals surface area contributed by atoms with Crippen LogP contribution in [0.2, 0.25) is 0 Å². The van der Waals surface area contributed by atoms with Crippen LogP contribution in [0.15, 0.2) is 22.7 Å². The van der Waals surface area contributed by atoms with Gasteiger partial charge in [0.15, 0.2) is 0 Å². The average molecular weight is 359 g/mol. The molecule has 110 valence electrons. The summed E-state index contributed by atoms with van der Waals surface area (Å²) in [6.07, 6.45) is 6.19. The molecule has 2 aromatic rings. The van der Waals surface area contributed by atoms with Gasteiger partial charge in [0, 0.05) is 15.6 Å². The molecule has 0 saturated heterocycles. The van der Waals surface area contributed by atoms with Crippen molar-refractivity contribution in [2.24, 2.45) is 0 Å². The lowest BCUT2D eigenvalue weighted by atomic mass is 10.2. The standard InChI is InChI=1S/C14H19BrN2O2S/c1-10-12-6-5-11(15)9-13(12)17(16-10)14(18)19-7-8-20(2,3)4/h5-6,9H,7-8H2,1-4H3. The molecule has 0 unspecified atom stereocenters. The van der Waals surface area contributed by atoms with E-state index in [1.54, 1.807) is 0 Å². The van der Waals surface area contributed by atoms with Gasteiger partial charge in [-0.05, 0) is 43.9 Å². The third-order valence-corrected chi connectivity index (χ3v) is 4.81. The van der Waals surface area contributed by atoms with E-state index >= 15 is 0 Å². The number of halogens is 1. The van der Waals surface area contributed by atoms with Crippen LogP contribution in [0.1, 0.15) is 5.69 Å². The zero-order valence-corrected chi connectivity index (χ0v) is 14.5. The van der Waals surface area contributed by atoms with Gasteiger partial charge in [-0.15, -0.1) is 0 Å². The maximum Gasteiger partial charge on any atom is 0.435 e. The Balaban J connectivity index is 2.20. The van der Waals surface area contributed by atoms with E-state index < -0.39 is 16.1 Å². The van der Waals surface area contributed by atoms with Crippen LogP contribution >= 0.6 is 26.0 Å². The predicted octanol–water partition coefficient (Wildman–Crippen LogP) is 3.79. The number of hydrogen-bond donors (Lipinski definition) is 0. The van der Waals surface area contributed by atoms with Gasteiger partial charge < -0.3 is 4.74 Å². The fourth-order valence-corrected chi connectivity index (χ4v) is 2.76. The lowest BCUT2D eigenvalue weighted by Crippen LogP contribution is -2.18. The van der Waals surface area contributed by atoms with E-state index in [4.69, 9.17) is 4.74 Å². The van der Waals surface area contributed by atoms with Gasteiger partial charge in [0.05, 0.1) is 11.2 Å². The summed E-state index contributed by atoms with van der Waals surface area (Å²) in [6.45, 7) is 2.32. The first kappa shape index (κ1) is 15.4. The third kappa shape index (κ3) is 3.55. The maximum atomic E-state index is 12.1. The number of benzene rings is 1. The Morgan fingerprint density at radius 1 is 1.40 bits per heavy atom. The van der Waals surface area contributed by atoms with E-state index in [9.17, 15) is 4.79 Å². The molecule has 0 amide bonds. The first-order valence-corrected chi connectivity index (χ1v) is 10.1. The second-order valence-electron chi connectivity index (χ2n) is 5.57. The van der Waals surface area contributed by atoms with Crippen molar-refractivity contribution in [1.29, 1.82) is 0 Å². The molecule has 1 heterocycles. The summed E-state index contributed by atoms with van der Waals surface area (Å²) in [4.78, 5) is 12.1. The molecular formula is C14H19BrN2O2S. The summed E-state index contributed by atoms with van der Waals surface area (Å²) < 4.78 is 7.59. The third-order valence-electron chi connectivity index (χ3n) is 2.92. The van der Waals surface area contributed by atoms with Crippen LogP contribution in [-0.2, 0) is 4.74 Å². The second-order valence-corrected chi connectivity index (χ2v) is 11.1. The number of aryl methyl sites for hydroxylation is 1. The fourth-order valence-electron chi connectivity index (χ4n) is 1.82. The van der Waals surface area contributed by atoms with Crippen LogP contribution in [0.5, 0.6) is 0 Å². The molecule has 0 N–H and O–H groups in total. The number of carbonyl (C=O) groups is 1. The van der Waals surface area contributed by atoms with Crippen LogP contribution in [0, 0.1) is 6.92 Å². The van der Waals surface area contributed by atoms with Crippen molar-refractivity contribution in [2.75, 3.05) is 31.1 Å². The van der Waals surface area contributed by atoms with Crippen LogP contribution < -0.4 is 0 Å². The number of rotatable bonds is 3. The summed E-state index contributed by atoms with van der Waals surface area (Å²) in [5, 5.41) is 5.24. The Labute approximate surface area is 128 Å². The van der Waals surface area contributed by atoms with Crippen LogP contribution in [0.4, 0.5) is 4.79 Å². The van der Waals surface area contributed by atoms with E-state index in [0.717, 1.165) is 26.8 Å². The van der Waals surface area contributed by atoms with E-state index in [-0.39, 0.29) is 0 Å². The van der Waals surface area contributed by atoms with Gasteiger partial charge in [0.2, 0.25) is 0 Å². The smallest absolute Gasteiger partial charge is 0.435 e. The number of ether oxygens (including phenoxy) is 1. The topological polar surface area (TPSA) is 44.1 Å². The number of fused-ring (bicyclic) bond motifs is 1. The van der Waals surface area contributed by atoms with Gasteiger partial charge in [-0.1, -0.05) is 15.9 Å². The highest BCUT2D eigenvalue weighted by Gasteiger charge is 2.15. The van der Waals surface area contributed by atoms with Crippen molar-refractivity contribution in [2.45, 2.75) is 6.92 Å². The van der Waals surface area contributed by atoms with Crippen molar-refractivity contribution in [3.8, 4) is 0 Å². The highest BCUT2D eigenvalue weighted by atomic mass is 79.9. The van der Waals surface area contributed by atoms with Crippen molar-refractivity contribution < 1.29 is 9.53 Å². The Hall–Kier alpha value is -1.01. The zero-order chi connectivity index (χ0) is 14.9. The molecule has 0 saturated carbocycles. The largest absolute Gasteiger partial charge is 0.447 e. The SMILES string of the molecule is Cc1nn(C(=O)OCCS(C)(C)C)c2cc(Br)ccc12. The van der Waals surface area contributed by atoms with Crippen molar-refractivity contribution in [3.05, 3.63) is 28.4 Å². The molecule has 0 radical (unpaired) electrons. The first-order valence-electron chi connectivity index (χ1n) is 6.26. The number of nitrogens with zero attached hydrogens (tertiary/aromatic N) is 2. The molecule has 0 aliphatic carbocycles. The van der Waals surface area contributed by atoms with Crippen molar-refractivity contribution in [1.82, 2.24) is 9.78 Å². The van der Waals surface area contributed by atoms with Gasteiger partial charge in [-0.2, -0.15) is 9.78 Å². The molecule has 0 spiro atoms. The minimum atomic E-state index is -0.660. The summed E-state index contributed by atoms with van der Waals surface area (Å²) in [5.74, 6) is 0.903. The maximum absolute atomic E-state index is 12.1. The average Bonchev–Trinajstić information content (AvgIpc) is 2.64. The summed E-state index contributed by atoms with van der Waals surface area (Å²) in [5.41, 5.74) is 1.59. The van der Waals surface area contributed by atoms with E-state index in [0.29, 0.717) is 6.61 Å². The molecule has 2 rings (SSSR count). The number of hydrogen-bond acceptors (Lipinski definition) is 3. The van der Waals surface area contributed by atoms with Crippen molar-refractivity contribution in [3.63, 3.8) is 0 Å².